The Balaban J connectivity index is 2.01. The van der Waals surface area contributed by atoms with Crippen molar-refractivity contribution in [3.63, 3.8) is 0 Å². The molecule has 0 fully saturated rings. The van der Waals surface area contributed by atoms with Crippen LogP contribution in [0.15, 0.2) is 78.9 Å². The normalized spacial score (nSPS) is 10.6. The minimum atomic E-state index is 0.676. The van der Waals surface area contributed by atoms with Crippen molar-refractivity contribution in [2.75, 3.05) is 0 Å². The number of hydrogen-bond donors (Lipinski definition) is 1. The van der Waals surface area contributed by atoms with Crippen LogP contribution in [0.4, 0.5) is 0 Å². The van der Waals surface area contributed by atoms with E-state index in [1.54, 1.807) is 0 Å². The van der Waals surface area contributed by atoms with E-state index < -0.39 is 0 Å². The molecule has 0 amide bonds. The largest absolute Gasteiger partial charge is 0.354 e. The minimum Gasteiger partial charge on any atom is -0.354 e. The third-order valence-corrected chi connectivity index (χ3v) is 4.07. The Morgan fingerprint density at radius 2 is 1.39 bits per heavy atom. The Morgan fingerprint density at radius 3 is 2.13 bits per heavy atom. The monoisotopic (exact) mass is 294 g/mol. The highest BCUT2D eigenvalue weighted by molar-refractivity contribution is 6.03. The lowest BCUT2D eigenvalue weighted by Gasteiger charge is -2.06. The molecule has 0 atom stereocenters. The number of benzene rings is 3. The second kappa shape index (κ2) is 5.47. The van der Waals surface area contributed by atoms with Gasteiger partial charge in [0.25, 0.3) is 0 Å². The van der Waals surface area contributed by atoms with Crippen molar-refractivity contribution in [3.05, 3.63) is 84.4 Å². The summed E-state index contributed by atoms with van der Waals surface area (Å²) in [6, 6.07) is 28.6. The molecule has 0 radical (unpaired) electrons. The second-order valence-electron chi connectivity index (χ2n) is 5.48. The zero-order valence-corrected chi connectivity index (χ0v) is 12.5. The first kappa shape index (κ1) is 13.4. The molecule has 2 nitrogen and oxygen atoms in total. The van der Waals surface area contributed by atoms with Gasteiger partial charge < -0.3 is 4.98 Å². The smallest absolute Gasteiger partial charge is 0.0991 e. The fraction of sp³-hybridized carbons (Fsp3) is 0. The molecule has 0 aliphatic heterocycles. The molecule has 0 unspecified atom stereocenters. The number of aromatic nitrogens is 1. The number of nitriles is 1. The number of fused-ring (bicyclic) bond motifs is 1. The standard InChI is InChI=1S/C21H14N2/c22-14-15-10-12-16(13-11-15)20-18-8-4-5-9-19(18)23-21(20)17-6-2-1-3-7-17/h1-13,23H. The first-order valence-electron chi connectivity index (χ1n) is 7.53. The Morgan fingerprint density at radius 1 is 0.696 bits per heavy atom. The van der Waals surface area contributed by atoms with Crippen LogP contribution in [0.2, 0.25) is 0 Å². The first-order chi connectivity index (χ1) is 11.4. The molecule has 4 rings (SSSR count). The Kier molecular flexibility index (Phi) is 3.18. The molecule has 0 spiro atoms. The predicted octanol–water partition coefficient (Wildman–Crippen LogP) is 5.37. The van der Waals surface area contributed by atoms with Crippen molar-refractivity contribution >= 4 is 10.9 Å². The van der Waals surface area contributed by atoms with Gasteiger partial charge in [-0.15, -0.1) is 0 Å². The van der Waals surface area contributed by atoms with Crippen LogP contribution in [0, 0.1) is 11.3 Å². The average molecular weight is 294 g/mol. The topological polar surface area (TPSA) is 39.6 Å². The van der Waals surface area contributed by atoms with E-state index in [2.05, 4.69) is 41.4 Å². The molecule has 2 heteroatoms. The van der Waals surface area contributed by atoms with Crippen molar-refractivity contribution in [2.45, 2.75) is 0 Å². The fourth-order valence-electron chi connectivity index (χ4n) is 2.97. The van der Waals surface area contributed by atoms with E-state index in [4.69, 9.17) is 5.26 Å². The van der Waals surface area contributed by atoms with Gasteiger partial charge in [0, 0.05) is 16.5 Å². The molecule has 4 aromatic rings. The molecular formula is C21H14N2. The zero-order chi connectivity index (χ0) is 15.6. The molecule has 0 saturated heterocycles. The van der Waals surface area contributed by atoms with Crippen LogP contribution in [-0.4, -0.2) is 4.98 Å². The highest BCUT2D eigenvalue weighted by Gasteiger charge is 2.14. The number of rotatable bonds is 2. The van der Waals surface area contributed by atoms with Crippen molar-refractivity contribution in [3.8, 4) is 28.5 Å². The lowest BCUT2D eigenvalue weighted by molar-refractivity contribution is 1.45. The van der Waals surface area contributed by atoms with Crippen LogP contribution >= 0.6 is 0 Å². The van der Waals surface area contributed by atoms with Gasteiger partial charge in [0.15, 0.2) is 0 Å². The number of para-hydroxylation sites is 1. The summed E-state index contributed by atoms with van der Waals surface area (Å²) in [6.45, 7) is 0. The highest BCUT2D eigenvalue weighted by atomic mass is 14.7. The molecule has 23 heavy (non-hydrogen) atoms. The summed E-state index contributed by atoms with van der Waals surface area (Å²) in [4.78, 5) is 3.54. The summed E-state index contributed by atoms with van der Waals surface area (Å²) < 4.78 is 0. The summed E-state index contributed by atoms with van der Waals surface area (Å²) in [5.41, 5.74) is 6.34. The van der Waals surface area contributed by atoms with Crippen LogP contribution in [-0.2, 0) is 0 Å². The van der Waals surface area contributed by atoms with E-state index in [0.717, 1.165) is 22.3 Å². The molecule has 1 aromatic heterocycles. The number of nitrogens with zero attached hydrogens (tertiary/aromatic N) is 1. The molecular weight excluding hydrogens is 280 g/mol. The van der Waals surface area contributed by atoms with Crippen molar-refractivity contribution in [2.24, 2.45) is 0 Å². The summed E-state index contributed by atoms with van der Waals surface area (Å²) in [5.74, 6) is 0. The Bertz CT molecular complexity index is 1000. The van der Waals surface area contributed by atoms with Gasteiger partial charge in [-0.2, -0.15) is 5.26 Å². The van der Waals surface area contributed by atoms with Crippen LogP contribution in [0.3, 0.4) is 0 Å². The minimum absolute atomic E-state index is 0.676. The molecule has 1 heterocycles. The van der Waals surface area contributed by atoms with Crippen molar-refractivity contribution in [1.82, 2.24) is 4.98 Å². The van der Waals surface area contributed by atoms with Crippen LogP contribution in [0.1, 0.15) is 5.56 Å². The summed E-state index contributed by atoms with van der Waals surface area (Å²) in [5, 5.41) is 10.2. The molecule has 0 bridgehead atoms. The van der Waals surface area contributed by atoms with Gasteiger partial charge in [-0.3, -0.25) is 0 Å². The zero-order valence-electron chi connectivity index (χ0n) is 12.5. The number of H-pyrrole nitrogens is 1. The Hall–Kier alpha value is -3.31. The van der Waals surface area contributed by atoms with Gasteiger partial charge in [0.2, 0.25) is 0 Å². The quantitative estimate of drug-likeness (QED) is 0.530. The van der Waals surface area contributed by atoms with Crippen LogP contribution in [0.5, 0.6) is 0 Å². The second-order valence-corrected chi connectivity index (χ2v) is 5.48. The van der Waals surface area contributed by atoms with E-state index in [1.165, 1.54) is 10.9 Å². The van der Waals surface area contributed by atoms with Crippen molar-refractivity contribution in [1.29, 1.82) is 5.26 Å². The van der Waals surface area contributed by atoms with Crippen molar-refractivity contribution < 1.29 is 0 Å². The van der Waals surface area contributed by atoms with Gasteiger partial charge in [0.1, 0.15) is 0 Å². The van der Waals surface area contributed by atoms with E-state index in [-0.39, 0.29) is 0 Å². The molecule has 108 valence electrons. The predicted molar refractivity (Wildman–Crippen MR) is 93.9 cm³/mol. The maximum atomic E-state index is 9.01. The van der Waals surface area contributed by atoms with Gasteiger partial charge in [-0.25, -0.2) is 0 Å². The maximum absolute atomic E-state index is 9.01. The van der Waals surface area contributed by atoms with Gasteiger partial charge in [-0.05, 0) is 29.3 Å². The number of aromatic amines is 1. The number of nitrogens with one attached hydrogen (secondary N) is 1. The maximum Gasteiger partial charge on any atom is 0.0991 e. The van der Waals surface area contributed by atoms with E-state index >= 15 is 0 Å². The van der Waals surface area contributed by atoms with Crippen LogP contribution < -0.4 is 0 Å². The van der Waals surface area contributed by atoms with Gasteiger partial charge in [-0.1, -0.05) is 60.7 Å². The number of hydrogen-bond acceptors (Lipinski definition) is 1. The van der Waals surface area contributed by atoms with Crippen LogP contribution in [0.25, 0.3) is 33.3 Å². The third-order valence-electron chi connectivity index (χ3n) is 4.07. The first-order valence-corrected chi connectivity index (χ1v) is 7.53. The summed E-state index contributed by atoms with van der Waals surface area (Å²) in [6.07, 6.45) is 0. The lowest BCUT2D eigenvalue weighted by Crippen LogP contribution is -1.83. The summed E-state index contributed by atoms with van der Waals surface area (Å²) in [7, 11) is 0. The average Bonchev–Trinajstić information content (AvgIpc) is 3.02. The molecule has 1 N–H and O–H groups in total. The van der Waals surface area contributed by atoms with E-state index in [0.29, 0.717) is 5.56 Å². The van der Waals surface area contributed by atoms with E-state index in [1.807, 2.05) is 48.5 Å². The Labute approximate surface area is 134 Å². The van der Waals surface area contributed by atoms with E-state index in [9.17, 15) is 0 Å². The molecule has 3 aromatic carbocycles. The summed E-state index contributed by atoms with van der Waals surface area (Å²) >= 11 is 0. The fourth-order valence-corrected chi connectivity index (χ4v) is 2.97. The lowest BCUT2D eigenvalue weighted by atomic mass is 9.98. The molecule has 0 aliphatic carbocycles. The third kappa shape index (κ3) is 2.29. The molecule has 0 aliphatic rings. The van der Waals surface area contributed by atoms with Gasteiger partial charge >= 0.3 is 0 Å². The molecule has 0 saturated carbocycles. The SMILES string of the molecule is N#Cc1ccc(-c2c(-c3ccccc3)[nH]c3ccccc23)cc1. The van der Waals surface area contributed by atoms with Gasteiger partial charge in [0.05, 0.1) is 17.3 Å². The highest BCUT2D eigenvalue weighted by Crippen LogP contribution is 2.38.